The van der Waals surface area contributed by atoms with Gasteiger partial charge in [-0.1, -0.05) is 20.8 Å². The van der Waals surface area contributed by atoms with Crippen molar-refractivity contribution < 1.29 is 10.1 Å². The summed E-state index contributed by atoms with van der Waals surface area (Å²) in [6, 6.07) is 0. The Labute approximate surface area is 73.8 Å². The highest BCUT2D eigenvalue weighted by Crippen LogP contribution is 2.61. The summed E-state index contributed by atoms with van der Waals surface area (Å²) < 4.78 is 0. The fourth-order valence-electron chi connectivity index (χ4n) is 3.24. The summed E-state index contributed by atoms with van der Waals surface area (Å²) in [5.74, 6) is 2.05. The van der Waals surface area contributed by atoms with Gasteiger partial charge in [0.1, 0.15) is 0 Å². The second-order valence-electron chi connectivity index (χ2n) is 5.10. The standard InChI is InChI=1S/C10H18O2/c1-6-8-4-7(10(8,2)3)5-9(6)12-11/h6-9,11H,4-5H2,1-3H3/t6-,7+,8-,9-/m1/s1. The second-order valence-corrected chi connectivity index (χ2v) is 5.10. The molecule has 0 spiro atoms. The molecule has 2 nitrogen and oxygen atoms in total. The average Bonchev–Trinajstić information content (AvgIpc) is 2.03. The Morgan fingerprint density at radius 1 is 1.33 bits per heavy atom. The van der Waals surface area contributed by atoms with Crippen LogP contribution in [0.4, 0.5) is 0 Å². The molecule has 3 aliphatic rings. The van der Waals surface area contributed by atoms with Crippen LogP contribution in [0.5, 0.6) is 0 Å². The van der Waals surface area contributed by atoms with Gasteiger partial charge in [0.15, 0.2) is 0 Å². The SMILES string of the molecule is C[C@@H]1[C@H]2C[C@@H](C[C@H]1OO)C2(C)C. The molecule has 0 radical (unpaired) electrons. The topological polar surface area (TPSA) is 29.5 Å². The molecule has 12 heavy (non-hydrogen) atoms. The Morgan fingerprint density at radius 3 is 2.42 bits per heavy atom. The van der Waals surface area contributed by atoms with Crippen molar-refractivity contribution in [2.45, 2.75) is 39.7 Å². The summed E-state index contributed by atoms with van der Waals surface area (Å²) in [5.41, 5.74) is 0.494. The summed E-state index contributed by atoms with van der Waals surface area (Å²) in [6.07, 6.45) is 2.48. The zero-order valence-electron chi connectivity index (χ0n) is 8.08. The maximum Gasteiger partial charge on any atom is 0.0958 e. The molecule has 0 saturated heterocycles. The van der Waals surface area contributed by atoms with Crippen LogP contribution in [0.3, 0.4) is 0 Å². The monoisotopic (exact) mass is 170 g/mol. The first-order valence-corrected chi connectivity index (χ1v) is 4.87. The van der Waals surface area contributed by atoms with E-state index in [2.05, 4.69) is 25.7 Å². The predicted octanol–water partition coefficient (Wildman–Crippen LogP) is 2.55. The fraction of sp³-hybridized carbons (Fsp3) is 1.00. The van der Waals surface area contributed by atoms with E-state index in [0.29, 0.717) is 11.3 Å². The van der Waals surface area contributed by atoms with Crippen molar-refractivity contribution in [3.05, 3.63) is 0 Å². The van der Waals surface area contributed by atoms with Crippen LogP contribution in [0.15, 0.2) is 0 Å². The third kappa shape index (κ3) is 0.882. The van der Waals surface area contributed by atoms with E-state index in [9.17, 15) is 0 Å². The van der Waals surface area contributed by atoms with Gasteiger partial charge < -0.3 is 0 Å². The highest BCUT2D eigenvalue weighted by molar-refractivity contribution is 5.05. The normalized spacial score (nSPS) is 50.0. The van der Waals surface area contributed by atoms with Crippen LogP contribution in [-0.2, 0) is 4.89 Å². The Hall–Kier alpha value is -0.0800. The minimum Gasteiger partial charge on any atom is -0.252 e. The molecule has 4 atom stereocenters. The molecule has 3 aliphatic carbocycles. The highest BCUT2D eigenvalue weighted by Gasteiger charge is 2.56. The molecule has 0 heterocycles. The van der Waals surface area contributed by atoms with Gasteiger partial charge in [-0.3, -0.25) is 5.26 Å². The van der Waals surface area contributed by atoms with E-state index in [1.165, 1.54) is 6.42 Å². The molecule has 70 valence electrons. The Balaban J connectivity index is 2.11. The first-order valence-electron chi connectivity index (χ1n) is 4.87. The maximum absolute atomic E-state index is 8.67. The molecule has 2 bridgehead atoms. The van der Waals surface area contributed by atoms with E-state index in [-0.39, 0.29) is 6.10 Å². The summed E-state index contributed by atoms with van der Waals surface area (Å²) in [7, 11) is 0. The van der Waals surface area contributed by atoms with E-state index in [1.807, 2.05) is 0 Å². The molecular formula is C10H18O2. The summed E-state index contributed by atoms with van der Waals surface area (Å²) in [4.78, 5) is 4.50. The van der Waals surface area contributed by atoms with Crippen LogP contribution in [0, 0.1) is 23.2 Å². The molecule has 0 aliphatic heterocycles. The zero-order chi connectivity index (χ0) is 8.93. The number of fused-ring (bicyclic) bond motifs is 2. The van der Waals surface area contributed by atoms with Crippen LogP contribution in [0.2, 0.25) is 0 Å². The molecular weight excluding hydrogens is 152 g/mol. The van der Waals surface area contributed by atoms with E-state index in [0.717, 1.165) is 18.3 Å². The van der Waals surface area contributed by atoms with Gasteiger partial charge in [0, 0.05) is 0 Å². The highest BCUT2D eigenvalue weighted by atomic mass is 17.1. The number of rotatable bonds is 1. The van der Waals surface area contributed by atoms with Crippen molar-refractivity contribution in [2.75, 3.05) is 0 Å². The summed E-state index contributed by atoms with van der Waals surface area (Å²) in [6.45, 7) is 6.88. The lowest BCUT2D eigenvalue weighted by Crippen LogP contribution is -2.57. The molecule has 0 aromatic heterocycles. The molecule has 0 aromatic rings. The van der Waals surface area contributed by atoms with E-state index >= 15 is 0 Å². The first kappa shape index (κ1) is 8.52. The third-order valence-corrected chi connectivity index (χ3v) is 4.42. The maximum atomic E-state index is 8.67. The molecule has 2 heteroatoms. The van der Waals surface area contributed by atoms with Gasteiger partial charge >= 0.3 is 0 Å². The molecule has 0 unspecified atom stereocenters. The minimum absolute atomic E-state index is 0.0989. The van der Waals surface area contributed by atoms with Gasteiger partial charge in [0.25, 0.3) is 0 Å². The Bertz CT molecular complexity index is 188. The smallest absolute Gasteiger partial charge is 0.0958 e. The molecule has 3 saturated carbocycles. The van der Waals surface area contributed by atoms with Crippen molar-refractivity contribution in [1.82, 2.24) is 0 Å². The number of hydrogen-bond donors (Lipinski definition) is 1. The average molecular weight is 170 g/mol. The van der Waals surface area contributed by atoms with Crippen LogP contribution in [-0.4, -0.2) is 11.4 Å². The quantitative estimate of drug-likeness (QED) is 0.484. The first-order chi connectivity index (χ1) is 5.57. The Kier molecular flexibility index (Phi) is 1.74. The lowest BCUT2D eigenvalue weighted by Gasteiger charge is -2.61. The van der Waals surface area contributed by atoms with Crippen molar-refractivity contribution in [3.8, 4) is 0 Å². The van der Waals surface area contributed by atoms with Gasteiger partial charge in [-0.05, 0) is 36.0 Å². The molecule has 3 rings (SSSR count). The lowest BCUT2D eigenvalue weighted by molar-refractivity contribution is -0.324. The summed E-state index contributed by atoms with van der Waals surface area (Å²) >= 11 is 0. The molecule has 0 aromatic carbocycles. The third-order valence-electron chi connectivity index (χ3n) is 4.42. The van der Waals surface area contributed by atoms with E-state index in [4.69, 9.17) is 5.26 Å². The second kappa shape index (κ2) is 2.46. The molecule has 1 N–H and O–H groups in total. The number of hydrogen-bond acceptors (Lipinski definition) is 2. The van der Waals surface area contributed by atoms with Gasteiger partial charge in [-0.25, -0.2) is 4.89 Å². The lowest BCUT2D eigenvalue weighted by atomic mass is 9.45. The van der Waals surface area contributed by atoms with Crippen LogP contribution >= 0.6 is 0 Å². The van der Waals surface area contributed by atoms with Crippen molar-refractivity contribution >= 4 is 0 Å². The van der Waals surface area contributed by atoms with Crippen molar-refractivity contribution in [3.63, 3.8) is 0 Å². The summed E-state index contributed by atoms with van der Waals surface area (Å²) in [5, 5.41) is 8.67. The van der Waals surface area contributed by atoms with Gasteiger partial charge in [-0.15, -0.1) is 0 Å². The Morgan fingerprint density at radius 2 is 2.00 bits per heavy atom. The largest absolute Gasteiger partial charge is 0.252 e. The molecule has 0 amide bonds. The molecule has 3 fully saturated rings. The van der Waals surface area contributed by atoms with Crippen molar-refractivity contribution in [2.24, 2.45) is 23.2 Å². The van der Waals surface area contributed by atoms with Crippen LogP contribution < -0.4 is 0 Å². The van der Waals surface area contributed by atoms with Gasteiger partial charge in [-0.2, -0.15) is 0 Å². The van der Waals surface area contributed by atoms with Crippen molar-refractivity contribution in [1.29, 1.82) is 0 Å². The van der Waals surface area contributed by atoms with Crippen LogP contribution in [0.1, 0.15) is 33.6 Å². The fourth-order valence-corrected chi connectivity index (χ4v) is 3.24. The minimum atomic E-state index is 0.0989. The predicted molar refractivity (Wildman–Crippen MR) is 46.7 cm³/mol. The van der Waals surface area contributed by atoms with Gasteiger partial charge in [0.05, 0.1) is 6.10 Å². The van der Waals surface area contributed by atoms with Crippen LogP contribution in [0.25, 0.3) is 0 Å². The van der Waals surface area contributed by atoms with Gasteiger partial charge in [0.2, 0.25) is 0 Å². The zero-order valence-corrected chi connectivity index (χ0v) is 8.08. The van der Waals surface area contributed by atoms with E-state index < -0.39 is 0 Å². The van der Waals surface area contributed by atoms with E-state index in [1.54, 1.807) is 0 Å².